The van der Waals surface area contributed by atoms with Crippen molar-refractivity contribution in [3.05, 3.63) is 41.9 Å². The van der Waals surface area contributed by atoms with Gasteiger partial charge in [-0.15, -0.1) is 6.58 Å². The fraction of sp³-hybridized carbons (Fsp3) is 0.621. The molecular weight excluding hydrogens is 508 g/mol. The number of aliphatic hydroxyl groups is 1. The molecule has 38 heavy (non-hydrogen) atoms. The fourth-order valence-corrected chi connectivity index (χ4v) is 7.09. The van der Waals surface area contributed by atoms with Gasteiger partial charge in [0, 0.05) is 17.3 Å². The maximum atomic E-state index is 14.6. The molecule has 1 aromatic rings. The summed E-state index contributed by atoms with van der Waals surface area (Å²) in [5.41, 5.74) is -1.46. The number of carbonyl (C=O) groups is 3. The van der Waals surface area contributed by atoms with Crippen LogP contribution in [0.5, 0.6) is 0 Å². The number of anilines is 1. The first-order chi connectivity index (χ1) is 18.1. The van der Waals surface area contributed by atoms with Crippen molar-refractivity contribution in [3.63, 3.8) is 0 Å². The normalized spacial score (nSPS) is 30.4. The first-order valence-corrected chi connectivity index (χ1v) is 14.0. The molecule has 4 rings (SSSR count). The number of rotatable bonds is 11. The minimum Gasteiger partial charge on any atom is -0.466 e. The Kier molecular flexibility index (Phi) is 8.26. The number of hydrogen-bond acceptors (Lipinski definition) is 6. The summed E-state index contributed by atoms with van der Waals surface area (Å²) in [6, 6.07) is 5.29. The summed E-state index contributed by atoms with van der Waals surface area (Å²) in [6.45, 7) is 11.6. The number of nitrogens with zero attached hydrogens (tertiary/aromatic N) is 2. The third-order valence-corrected chi connectivity index (χ3v) is 8.71. The number of esters is 1. The maximum absolute atomic E-state index is 14.6. The minimum atomic E-state index is -1.20. The molecule has 3 saturated heterocycles. The average Bonchev–Trinajstić information content (AvgIpc) is 3.50. The van der Waals surface area contributed by atoms with Crippen molar-refractivity contribution < 1.29 is 29.0 Å². The second-order valence-corrected chi connectivity index (χ2v) is 11.4. The van der Waals surface area contributed by atoms with Gasteiger partial charge in [-0.2, -0.15) is 0 Å². The smallest absolute Gasteiger partial charge is 0.312 e. The molecule has 2 bridgehead atoms. The molecule has 9 heteroatoms. The van der Waals surface area contributed by atoms with Crippen LogP contribution in [0.1, 0.15) is 53.4 Å². The van der Waals surface area contributed by atoms with Crippen LogP contribution < -0.4 is 4.90 Å². The molecule has 3 aliphatic heterocycles. The predicted octanol–water partition coefficient (Wildman–Crippen LogP) is 3.98. The molecule has 208 valence electrons. The zero-order valence-corrected chi connectivity index (χ0v) is 23.4. The second kappa shape index (κ2) is 11.0. The predicted molar refractivity (Wildman–Crippen MR) is 145 cm³/mol. The molecule has 1 spiro atoms. The van der Waals surface area contributed by atoms with E-state index < -0.39 is 41.1 Å². The van der Waals surface area contributed by atoms with Crippen LogP contribution in [-0.2, 0) is 23.9 Å². The number of fused-ring (bicyclic) bond motifs is 1. The standard InChI is InChI=1S/C29H39ClN2O6/c1-6-15-31(20-11-9-19(30)10-12-20)26(35)24-29-14-13-28(7-2,38-29)23(27(36)37-8-3)22(29)25(34)32(24)21(17-33)16-18(4)5/h6,9-12,18,21-24,33H,1,7-8,13-17H2,2-5H3/t21-,22+,23-,24?,28+,29?/m1/s1. The molecular formula is C29H39ClN2O6. The van der Waals surface area contributed by atoms with Gasteiger partial charge in [-0.05, 0) is 62.8 Å². The summed E-state index contributed by atoms with van der Waals surface area (Å²) in [5, 5.41) is 11.0. The van der Waals surface area contributed by atoms with E-state index in [9.17, 15) is 19.5 Å². The SMILES string of the molecule is C=CCN(C(=O)C1N([C@@H](CO)CC(C)C)C(=O)[C@@H]2[C@H](C(=O)OCC)[C@]3(CC)CCC12O3)c1ccc(Cl)cc1. The van der Waals surface area contributed by atoms with Crippen molar-refractivity contribution in [1.29, 1.82) is 0 Å². The van der Waals surface area contributed by atoms with Gasteiger partial charge in [0.25, 0.3) is 5.91 Å². The van der Waals surface area contributed by atoms with Crippen LogP contribution in [0.25, 0.3) is 0 Å². The number of halogens is 1. The van der Waals surface area contributed by atoms with Crippen LogP contribution in [0.3, 0.4) is 0 Å². The lowest BCUT2D eigenvalue weighted by Crippen LogP contribution is -2.59. The van der Waals surface area contributed by atoms with Gasteiger partial charge in [0.2, 0.25) is 5.91 Å². The molecule has 8 nitrogen and oxygen atoms in total. The van der Waals surface area contributed by atoms with Gasteiger partial charge < -0.3 is 24.4 Å². The highest BCUT2D eigenvalue weighted by Crippen LogP contribution is 2.65. The molecule has 0 aliphatic carbocycles. The van der Waals surface area contributed by atoms with E-state index in [0.717, 1.165) is 0 Å². The highest BCUT2D eigenvalue weighted by atomic mass is 35.5. The second-order valence-electron chi connectivity index (χ2n) is 11.0. The Labute approximate surface area is 229 Å². The van der Waals surface area contributed by atoms with Gasteiger partial charge in [-0.3, -0.25) is 14.4 Å². The van der Waals surface area contributed by atoms with E-state index in [1.807, 2.05) is 20.8 Å². The quantitative estimate of drug-likeness (QED) is 0.333. The van der Waals surface area contributed by atoms with Crippen molar-refractivity contribution in [2.45, 2.75) is 76.7 Å². The Morgan fingerprint density at radius 3 is 2.53 bits per heavy atom. The van der Waals surface area contributed by atoms with Gasteiger partial charge in [0.1, 0.15) is 17.6 Å². The summed E-state index contributed by atoms with van der Waals surface area (Å²) >= 11 is 6.11. The Morgan fingerprint density at radius 2 is 1.97 bits per heavy atom. The number of carbonyl (C=O) groups excluding carboxylic acids is 3. The molecule has 3 heterocycles. The highest BCUT2D eigenvalue weighted by Gasteiger charge is 2.79. The van der Waals surface area contributed by atoms with Crippen LogP contribution >= 0.6 is 11.6 Å². The first kappa shape index (κ1) is 28.6. The zero-order chi connectivity index (χ0) is 27.8. The van der Waals surface area contributed by atoms with Crippen LogP contribution in [-0.4, -0.2) is 70.8 Å². The van der Waals surface area contributed by atoms with E-state index in [1.165, 1.54) is 4.90 Å². The van der Waals surface area contributed by atoms with E-state index in [4.69, 9.17) is 21.1 Å². The van der Waals surface area contributed by atoms with Crippen LogP contribution in [0, 0.1) is 17.8 Å². The molecule has 0 radical (unpaired) electrons. The topological polar surface area (TPSA) is 96.4 Å². The van der Waals surface area contributed by atoms with E-state index in [-0.39, 0.29) is 37.5 Å². The van der Waals surface area contributed by atoms with Gasteiger partial charge in [-0.25, -0.2) is 0 Å². The summed E-state index contributed by atoms with van der Waals surface area (Å²) in [4.78, 5) is 45.3. The number of benzene rings is 1. The lowest BCUT2D eigenvalue weighted by Gasteiger charge is -2.40. The van der Waals surface area contributed by atoms with Crippen molar-refractivity contribution in [2.75, 3.05) is 24.7 Å². The molecule has 6 atom stereocenters. The monoisotopic (exact) mass is 546 g/mol. The molecule has 2 amide bonds. The summed E-state index contributed by atoms with van der Waals surface area (Å²) < 4.78 is 12.2. The number of likely N-dealkylation sites (tertiary alicyclic amines) is 1. The minimum absolute atomic E-state index is 0.161. The molecule has 0 aromatic heterocycles. The molecule has 3 aliphatic rings. The molecule has 3 fully saturated rings. The Hall–Kier alpha value is -2.42. The summed E-state index contributed by atoms with van der Waals surface area (Å²) in [7, 11) is 0. The van der Waals surface area contributed by atoms with Gasteiger partial charge in [-0.1, -0.05) is 38.4 Å². The van der Waals surface area contributed by atoms with Gasteiger partial charge in [0.15, 0.2) is 0 Å². The van der Waals surface area contributed by atoms with Crippen molar-refractivity contribution in [2.24, 2.45) is 17.8 Å². The number of aliphatic hydroxyl groups excluding tert-OH is 1. The number of hydrogen-bond donors (Lipinski definition) is 1. The number of ether oxygens (including phenoxy) is 2. The summed E-state index contributed by atoms with van der Waals surface area (Å²) in [5.74, 6) is -2.63. The average molecular weight is 547 g/mol. The van der Waals surface area contributed by atoms with Crippen molar-refractivity contribution in [3.8, 4) is 0 Å². The van der Waals surface area contributed by atoms with E-state index in [1.54, 1.807) is 42.2 Å². The van der Waals surface area contributed by atoms with Crippen LogP contribution in [0.4, 0.5) is 5.69 Å². The molecule has 2 unspecified atom stereocenters. The lowest BCUT2D eigenvalue weighted by atomic mass is 9.65. The van der Waals surface area contributed by atoms with E-state index in [0.29, 0.717) is 36.4 Å². The zero-order valence-electron chi connectivity index (χ0n) is 22.7. The Morgan fingerprint density at radius 1 is 1.29 bits per heavy atom. The maximum Gasteiger partial charge on any atom is 0.312 e. The van der Waals surface area contributed by atoms with Crippen LogP contribution in [0.2, 0.25) is 5.02 Å². The summed E-state index contributed by atoms with van der Waals surface area (Å²) in [6.07, 6.45) is 3.65. The fourth-order valence-electron chi connectivity index (χ4n) is 6.96. The third kappa shape index (κ3) is 4.44. The van der Waals surface area contributed by atoms with Gasteiger partial charge in [0.05, 0.1) is 30.8 Å². The lowest BCUT2D eigenvalue weighted by molar-refractivity contribution is -0.161. The van der Waals surface area contributed by atoms with Crippen LogP contribution in [0.15, 0.2) is 36.9 Å². The highest BCUT2D eigenvalue weighted by molar-refractivity contribution is 6.30. The Balaban J connectivity index is 1.87. The van der Waals surface area contributed by atoms with E-state index >= 15 is 0 Å². The van der Waals surface area contributed by atoms with Gasteiger partial charge >= 0.3 is 5.97 Å². The molecule has 0 saturated carbocycles. The molecule has 1 aromatic carbocycles. The number of amides is 2. The first-order valence-electron chi connectivity index (χ1n) is 13.6. The largest absolute Gasteiger partial charge is 0.466 e. The van der Waals surface area contributed by atoms with E-state index in [2.05, 4.69) is 6.58 Å². The molecule has 1 N–H and O–H groups in total. The third-order valence-electron chi connectivity index (χ3n) is 8.46. The van der Waals surface area contributed by atoms with Crippen molar-refractivity contribution in [1.82, 2.24) is 4.90 Å². The Bertz CT molecular complexity index is 1080. The van der Waals surface area contributed by atoms with Crippen molar-refractivity contribution >= 4 is 35.1 Å².